The number of aryl methyl sites for hydroxylation is 3. The summed E-state index contributed by atoms with van der Waals surface area (Å²) in [6.45, 7) is 15.0. The number of nitrogens with zero attached hydrogens (tertiary/aromatic N) is 20. The van der Waals surface area contributed by atoms with Crippen molar-refractivity contribution in [3.8, 4) is 78.8 Å². The molecule has 21 nitrogen and oxygen atoms in total. The quantitative estimate of drug-likeness (QED) is 0.103. The van der Waals surface area contributed by atoms with Crippen molar-refractivity contribution in [1.29, 1.82) is 0 Å². The van der Waals surface area contributed by atoms with Gasteiger partial charge in [-0.2, -0.15) is 26.3 Å². The molecular weight excluding hydrogens is 2000 g/mol. The number of hydrogen-bond donors (Lipinski definition) is 1. The van der Waals surface area contributed by atoms with Crippen molar-refractivity contribution in [1.82, 2.24) is 102 Å². The molecule has 1 N–H and O–H groups in total. The van der Waals surface area contributed by atoms with Gasteiger partial charge in [-0.3, -0.25) is 0 Å². The molecule has 36 heteroatoms. The van der Waals surface area contributed by atoms with Crippen molar-refractivity contribution in [2.45, 2.75) is 144 Å². The van der Waals surface area contributed by atoms with E-state index < -0.39 is 46.7 Å². The molecule has 7 saturated heterocycles. The second-order valence-electron chi connectivity index (χ2n) is 40.8. The van der Waals surface area contributed by atoms with Crippen LogP contribution in [0.25, 0.3) is 78.8 Å². The van der Waals surface area contributed by atoms with Crippen LogP contribution in [0.2, 0.25) is 20.1 Å². The maximum absolute atomic E-state index is 13.4. The first-order chi connectivity index (χ1) is 71.1. The van der Waals surface area contributed by atoms with E-state index in [-0.39, 0.29) is 5.82 Å². The second kappa shape index (κ2) is 50.6. The average molecular weight is 2140 g/mol. The topological polar surface area (TPSA) is 156 Å². The fraction of sp³-hybridized carbons (Fsp3) is 0.442. The highest BCUT2D eigenvalue weighted by atomic mass is 35.5. The van der Waals surface area contributed by atoms with Gasteiger partial charge in [-0.1, -0.05) is 82.8 Å². The SMILES string of the molecule is CN1CCC(c2nc(-c3cc(Cl)cc(Cl)c3)cn2C)CC1.CN1CCC(c2nc(-c3cc(F)cc(F)c3)cn2C)CC1.CN1CCC(c2nc(-c3cccc(C(F)(F)F)c3)cn2C)CC1.CN1CCC(c2ncc(-c3cc(Cl)cc(Cl)c3)n2C)CC1.CN1CCC(c2ncc(-c3cc(F)cc(F)c3)n2C)CC1.CN1CCC(c2ncc(-c3cccc(C(F)(F)F)c3)n2C)CC1.Cn1c(-c2cccc(F)c2)cnc1C1CCNCC1. The number of halogens is 15. The van der Waals surface area contributed by atoms with Gasteiger partial charge in [0.05, 0.1) is 75.8 Å². The number of nitrogens with one attached hydrogen (secondary N) is 1. The Bertz CT molecular complexity index is 6390. The van der Waals surface area contributed by atoms with E-state index in [0.29, 0.717) is 95.2 Å². The second-order valence-corrected chi connectivity index (χ2v) is 42.6. The zero-order valence-electron chi connectivity index (χ0n) is 86.9. The molecule has 0 amide bonds. The number of rotatable bonds is 14. The summed E-state index contributed by atoms with van der Waals surface area (Å²) in [6.07, 6.45) is 19.5. The van der Waals surface area contributed by atoms with Crippen molar-refractivity contribution in [3.05, 3.63) is 290 Å². The van der Waals surface area contributed by atoms with Gasteiger partial charge in [-0.15, -0.1) is 0 Å². The summed E-state index contributed by atoms with van der Waals surface area (Å²) < 4.78 is 158. The van der Waals surface area contributed by atoms with E-state index in [4.69, 9.17) is 51.4 Å². The molecule has 7 aliphatic rings. The molecule has 0 radical (unpaired) electrons. The van der Waals surface area contributed by atoms with E-state index in [1.807, 2.05) is 109 Å². The minimum Gasteiger partial charge on any atom is -0.337 e. The summed E-state index contributed by atoms with van der Waals surface area (Å²) in [6, 6.07) is 35.8. The molecular formula is C113H134Cl4F11N21. The van der Waals surface area contributed by atoms with Crippen LogP contribution in [0.5, 0.6) is 0 Å². The lowest BCUT2D eigenvalue weighted by Crippen LogP contribution is -2.30. The first-order valence-electron chi connectivity index (χ1n) is 51.1. The van der Waals surface area contributed by atoms with Gasteiger partial charge in [-0.05, 0) is 321 Å². The van der Waals surface area contributed by atoms with E-state index in [2.05, 4.69) is 141 Å². The lowest BCUT2D eigenvalue weighted by atomic mass is 9.96. The van der Waals surface area contributed by atoms with Gasteiger partial charge in [0.25, 0.3) is 0 Å². The summed E-state index contributed by atoms with van der Waals surface area (Å²) in [5.74, 6) is 8.04. The Balaban J connectivity index is 0.000000130. The molecule has 0 saturated carbocycles. The Hall–Kier alpha value is -10.9. The molecule has 149 heavy (non-hydrogen) atoms. The van der Waals surface area contributed by atoms with Crippen LogP contribution in [0, 0.1) is 29.1 Å². The van der Waals surface area contributed by atoms with Gasteiger partial charge < -0.3 is 66.7 Å². The van der Waals surface area contributed by atoms with E-state index in [1.165, 1.54) is 54.6 Å². The monoisotopic (exact) mass is 2130 g/mol. The standard InChI is InChI=1S/2C17H20F3N3.2C16H19Cl2N3.2C16H19F2N3.C15H18FN3/c1-22-8-6-12(7-9-22)16-21-15(11-23(16)2)13-4-3-5-14(10-13)17(18,19)20;1-22-8-6-12(7-9-22)16-21-11-15(23(16)2)13-4-3-5-14(10-13)17(18,19)20;1-20-5-3-11(4-6-20)16-19-15(10-21(16)2)12-7-13(17)9-14(18)8-12;1-20-5-3-11(4-6-20)16-19-10-15(21(16)2)12-7-13(17)9-14(18)8-12;1-20-5-3-11(4-6-20)16-19-15(10-21(16)2)12-7-13(17)9-14(18)8-12;1-20-5-3-11(4-6-20)16-19-10-15(21(16)2)12-7-13(17)9-14(18)8-12;1-19-14(12-3-2-4-13(16)9-12)10-18-15(19)11-5-7-17-8-6-11/h2*3-5,10-12H,6-9H2,1-2H3;4*7-11H,3-6H2,1-2H3;2-4,9-11,17H,5-8H2,1H3. The normalized spacial score (nSPS) is 17.3. The third kappa shape index (κ3) is 29.5. The van der Waals surface area contributed by atoms with Crippen LogP contribution >= 0.6 is 46.4 Å². The Morgan fingerprint density at radius 2 is 0.490 bits per heavy atom. The number of benzene rings is 7. The fourth-order valence-electron chi connectivity index (χ4n) is 21.1. The Morgan fingerprint density at radius 3 is 0.799 bits per heavy atom. The minimum absolute atomic E-state index is 0.206. The highest BCUT2D eigenvalue weighted by molar-refractivity contribution is 6.35. The molecule has 0 aliphatic carbocycles. The Morgan fingerprint density at radius 1 is 0.255 bits per heavy atom. The molecule has 7 fully saturated rings. The lowest BCUT2D eigenvalue weighted by molar-refractivity contribution is -0.138. The predicted molar refractivity (Wildman–Crippen MR) is 572 cm³/mol. The van der Waals surface area contributed by atoms with Gasteiger partial charge in [0.15, 0.2) is 0 Å². The van der Waals surface area contributed by atoms with Crippen LogP contribution in [0.4, 0.5) is 48.3 Å². The Kier molecular flexibility index (Phi) is 38.1. The predicted octanol–water partition coefficient (Wildman–Crippen LogP) is 25.3. The third-order valence-electron chi connectivity index (χ3n) is 29.8. The average Bonchev–Trinajstić information content (AvgIpc) is 1.63. The van der Waals surface area contributed by atoms with Crippen molar-refractivity contribution in [3.63, 3.8) is 0 Å². The Labute approximate surface area is 886 Å². The van der Waals surface area contributed by atoms with E-state index in [1.54, 1.807) is 48.8 Å². The minimum atomic E-state index is -4.33. The van der Waals surface area contributed by atoms with Crippen molar-refractivity contribution in [2.24, 2.45) is 49.3 Å². The van der Waals surface area contributed by atoms with Crippen LogP contribution in [0.1, 0.15) is 183 Å². The first-order valence-corrected chi connectivity index (χ1v) is 52.6. The molecule has 7 aromatic heterocycles. The van der Waals surface area contributed by atoms with Crippen molar-refractivity contribution >= 4 is 46.4 Å². The van der Waals surface area contributed by atoms with E-state index in [0.717, 1.165) is 292 Å². The molecule has 0 bridgehead atoms. The molecule has 0 atom stereocenters. The number of aromatic nitrogens is 14. The van der Waals surface area contributed by atoms with Gasteiger partial charge in [0.2, 0.25) is 0 Å². The van der Waals surface area contributed by atoms with Gasteiger partial charge >= 0.3 is 12.4 Å². The molecule has 7 aromatic carbocycles. The van der Waals surface area contributed by atoms with Crippen molar-refractivity contribution in [2.75, 3.05) is 134 Å². The van der Waals surface area contributed by atoms with Crippen LogP contribution in [0.15, 0.2) is 189 Å². The third-order valence-corrected chi connectivity index (χ3v) is 30.6. The summed E-state index contributed by atoms with van der Waals surface area (Å²) >= 11 is 24.4. The number of alkyl halides is 6. The molecule has 21 rings (SSSR count). The zero-order valence-corrected chi connectivity index (χ0v) is 89.9. The number of hydrogen-bond acceptors (Lipinski definition) is 14. The summed E-state index contributed by atoms with van der Waals surface area (Å²) in [5, 5.41) is 5.95. The van der Waals surface area contributed by atoms with Crippen LogP contribution in [-0.4, -0.2) is 230 Å². The molecule has 796 valence electrons. The lowest BCUT2D eigenvalue weighted by Gasteiger charge is -2.28. The number of likely N-dealkylation sites (tertiary alicyclic amines) is 6. The smallest absolute Gasteiger partial charge is 0.337 e. The zero-order chi connectivity index (χ0) is 106. The molecule has 7 aliphatic heterocycles. The number of piperidine rings is 7. The van der Waals surface area contributed by atoms with E-state index in [9.17, 15) is 48.3 Å². The molecule has 0 spiro atoms. The van der Waals surface area contributed by atoms with Gasteiger partial charge in [0.1, 0.15) is 69.9 Å². The number of imidazole rings is 7. The van der Waals surface area contributed by atoms with Crippen LogP contribution in [0.3, 0.4) is 0 Å². The maximum Gasteiger partial charge on any atom is 0.416 e. The van der Waals surface area contributed by atoms with Crippen LogP contribution < -0.4 is 5.32 Å². The highest BCUT2D eigenvalue weighted by Gasteiger charge is 2.36. The first kappa shape index (κ1) is 112. The van der Waals surface area contributed by atoms with Crippen LogP contribution in [-0.2, 0) is 61.7 Å². The summed E-state index contributed by atoms with van der Waals surface area (Å²) in [5.41, 5.74) is 9.38. The summed E-state index contributed by atoms with van der Waals surface area (Å²) in [4.78, 5) is 46.2. The van der Waals surface area contributed by atoms with Crippen molar-refractivity contribution < 1.29 is 48.3 Å². The maximum atomic E-state index is 13.4. The molecule has 0 unspecified atom stereocenters. The van der Waals surface area contributed by atoms with E-state index >= 15 is 0 Å². The highest BCUT2D eigenvalue weighted by Crippen LogP contribution is 2.42. The summed E-state index contributed by atoms with van der Waals surface area (Å²) in [7, 11) is 26.6. The van der Waals surface area contributed by atoms with Gasteiger partial charge in [0, 0.05) is 181 Å². The molecule has 14 aromatic rings. The fourth-order valence-corrected chi connectivity index (χ4v) is 22.2. The largest absolute Gasteiger partial charge is 0.416 e. The molecule has 14 heterocycles. The van der Waals surface area contributed by atoms with Gasteiger partial charge in [-0.25, -0.2) is 56.8 Å².